The Morgan fingerprint density at radius 2 is 1.97 bits per heavy atom. The minimum Gasteiger partial charge on any atom is -0.340 e. The lowest BCUT2D eigenvalue weighted by Gasteiger charge is -2.18. The molecule has 3 aromatic carbocycles. The van der Waals surface area contributed by atoms with Crippen LogP contribution in [-0.4, -0.2) is 41.1 Å². The van der Waals surface area contributed by atoms with Gasteiger partial charge >= 0.3 is 0 Å². The Kier molecular flexibility index (Phi) is 8.60. The molecule has 2 amide bonds. The number of H-pyrrole nitrogens is 1. The third-order valence-electron chi connectivity index (χ3n) is 5.56. The number of fused-ring (bicyclic) bond motifs is 1. The van der Waals surface area contributed by atoms with Gasteiger partial charge in [-0.05, 0) is 48.0 Å². The van der Waals surface area contributed by atoms with Gasteiger partial charge in [0.2, 0.25) is 11.8 Å². The molecule has 0 saturated heterocycles. The summed E-state index contributed by atoms with van der Waals surface area (Å²) < 4.78 is 0. The van der Waals surface area contributed by atoms with Gasteiger partial charge in [0.25, 0.3) is 0 Å². The van der Waals surface area contributed by atoms with Crippen LogP contribution in [0.15, 0.2) is 89.2 Å². The largest absolute Gasteiger partial charge is 0.340 e. The molecule has 0 fully saturated rings. The van der Waals surface area contributed by atoms with Crippen molar-refractivity contribution in [2.75, 3.05) is 10.3 Å². The van der Waals surface area contributed by atoms with Crippen molar-refractivity contribution in [1.29, 1.82) is 0 Å². The van der Waals surface area contributed by atoms with E-state index < -0.39 is 11.9 Å². The Labute approximate surface area is 223 Å². The number of nitrogens with two attached hydrogens (primary N) is 1. The smallest absolute Gasteiger partial charge is 0.247 e. The predicted octanol–water partition coefficient (Wildman–Crippen LogP) is 3.92. The quantitative estimate of drug-likeness (QED) is 0.0811. The number of halogens is 1. The predicted molar refractivity (Wildman–Crippen MR) is 152 cm³/mol. The van der Waals surface area contributed by atoms with Crippen molar-refractivity contribution in [3.63, 3.8) is 0 Å². The van der Waals surface area contributed by atoms with Crippen LogP contribution in [0.3, 0.4) is 0 Å². The number of hydrogen-bond acceptors (Lipinski definition) is 6. The van der Waals surface area contributed by atoms with Gasteiger partial charge in [-0.3, -0.25) is 19.7 Å². The van der Waals surface area contributed by atoms with Gasteiger partial charge in [0.05, 0.1) is 17.4 Å². The summed E-state index contributed by atoms with van der Waals surface area (Å²) in [4.78, 5) is 26.2. The molecule has 1 atom stereocenters. The summed E-state index contributed by atoms with van der Waals surface area (Å²) in [5, 5.41) is 22.2. The molecule has 11 heteroatoms. The van der Waals surface area contributed by atoms with Crippen molar-refractivity contribution in [2.45, 2.75) is 12.5 Å². The second-order valence-corrected chi connectivity index (χ2v) is 8.66. The van der Waals surface area contributed by atoms with Crippen LogP contribution >= 0.6 is 11.6 Å². The summed E-state index contributed by atoms with van der Waals surface area (Å²) in [7, 11) is 0. The fourth-order valence-electron chi connectivity index (χ4n) is 3.74. The molecule has 1 heterocycles. The molecular formula is C27H25ClN8O2. The minimum absolute atomic E-state index is 0.294. The van der Waals surface area contributed by atoms with E-state index in [4.69, 9.17) is 17.4 Å². The SMILES string of the molecule is C=N/N=C\N(N)c1ccc(Cl)cc1/C=C/C(=O)N[C@@H](Cc1ccccc1)C(=O)Nc1ccc2cn[nH]c2c1. The Morgan fingerprint density at radius 3 is 2.76 bits per heavy atom. The first-order valence-corrected chi connectivity index (χ1v) is 11.9. The van der Waals surface area contributed by atoms with Crippen LogP contribution in [0.1, 0.15) is 11.1 Å². The molecular weight excluding hydrogens is 504 g/mol. The van der Waals surface area contributed by atoms with Crippen LogP contribution in [0, 0.1) is 0 Å². The van der Waals surface area contributed by atoms with E-state index in [0.29, 0.717) is 28.4 Å². The highest BCUT2D eigenvalue weighted by molar-refractivity contribution is 6.30. The van der Waals surface area contributed by atoms with Crippen molar-refractivity contribution in [1.82, 2.24) is 15.5 Å². The molecule has 0 aliphatic heterocycles. The van der Waals surface area contributed by atoms with Gasteiger partial charge in [-0.1, -0.05) is 41.9 Å². The summed E-state index contributed by atoms with van der Waals surface area (Å²) in [6.45, 7) is 3.28. The number of aromatic nitrogens is 2. The van der Waals surface area contributed by atoms with E-state index in [1.165, 1.54) is 17.4 Å². The van der Waals surface area contributed by atoms with Gasteiger partial charge in [0.1, 0.15) is 12.4 Å². The molecule has 0 aliphatic carbocycles. The molecule has 0 bridgehead atoms. The Morgan fingerprint density at radius 1 is 1.16 bits per heavy atom. The average molecular weight is 529 g/mol. The van der Waals surface area contributed by atoms with Gasteiger partial charge in [-0.25, -0.2) is 5.84 Å². The van der Waals surface area contributed by atoms with Gasteiger partial charge in [0.15, 0.2) is 0 Å². The maximum absolute atomic E-state index is 13.2. The van der Waals surface area contributed by atoms with Gasteiger partial charge < -0.3 is 10.6 Å². The van der Waals surface area contributed by atoms with E-state index in [1.54, 1.807) is 42.6 Å². The highest BCUT2D eigenvalue weighted by atomic mass is 35.5. The van der Waals surface area contributed by atoms with E-state index in [-0.39, 0.29) is 5.91 Å². The van der Waals surface area contributed by atoms with Crippen LogP contribution in [0.4, 0.5) is 11.4 Å². The van der Waals surface area contributed by atoms with E-state index in [0.717, 1.165) is 16.5 Å². The molecule has 38 heavy (non-hydrogen) atoms. The molecule has 1 aromatic heterocycles. The first-order chi connectivity index (χ1) is 18.4. The topological polar surface area (TPSA) is 141 Å². The van der Waals surface area contributed by atoms with Crippen LogP contribution in [0.25, 0.3) is 17.0 Å². The van der Waals surface area contributed by atoms with Gasteiger partial charge in [-0.15, -0.1) is 5.10 Å². The molecule has 0 saturated carbocycles. The van der Waals surface area contributed by atoms with E-state index in [1.807, 2.05) is 36.4 Å². The Bertz CT molecular complexity index is 1500. The van der Waals surface area contributed by atoms with Crippen molar-refractivity contribution < 1.29 is 9.59 Å². The number of aromatic amines is 1. The maximum atomic E-state index is 13.2. The molecule has 0 unspecified atom stereocenters. The fourth-order valence-corrected chi connectivity index (χ4v) is 3.92. The van der Waals surface area contributed by atoms with Crippen LogP contribution in [0.5, 0.6) is 0 Å². The zero-order valence-corrected chi connectivity index (χ0v) is 21.0. The molecule has 0 radical (unpaired) electrons. The van der Waals surface area contributed by atoms with Crippen LogP contribution < -0.4 is 21.5 Å². The summed E-state index contributed by atoms with van der Waals surface area (Å²) in [6.07, 6.45) is 6.13. The maximum Gasteiger partial charge on any atom is 0.247 e. The number of nitrogens with zero attached hydrogens (tertiary/aromatic N) is 4. The van der Waals surface area contributed by atoms with E-state index >= 15 is 0 Å². The lowest BCUT2D eigenvalue weighted by Crippen LogP contribution is -2.44. The highest BCUT2D eigenvalue weighted by Gasteiger charge is 2.21. The number of rotatable bonds is 10. The molecule has 4 aromatic rings. The van der Waals surface area contributed by atoms with Gasteiger partial charge in [0, 0.05) is 40.9 Å². The van der Waals surface area contributed by atoms with Crippen LogP contribution in [0.2, 0.25) is 5.02 Å². The summed E-state index contributed by atoms with van der Waals surface area (Å²) >= 11 is 6.15. The van der Waals surface area contributed by atoms with Crippen LogP contribution in [-0.2, 0) is 16.0 Å². The average Bonchev–Trinajstić information content (AvgIpc) is 3.39. The van der Waals surface area contributed by atoms with Gasteiger partial charge in [-0.2, -0.15) is 10.2 Å². The van der Waals surface area contributed by atoms with Crippen molar-refractivity contribution in [2.24, 2.45) is 16.0 Å². The van der Waals surface area contributed by atoms with E-state index in [9.17, 15) is 9.59 Å². The molecule has 10 nitrogen and oxygen atoms in total. The number of anilines is 2. The third-order valence-corrected chi connectivity index (χ3v) is 5.80. The lowest BCUT2D eigenvalue weighted by molar-refractivity contribution is -0.123. The third kappa shape index (κ3) is 6.90. The number of nitrogens with one attached hydrogen (secondary N) is 3. The number of amides is 2. The Balaban J connectivity index is 1.52. The molecule has 5 N–H and O–H groups in total. The summed E-state index contributed by atoms with van der Waals surface area (Å²) in [5.41, 5.74) is 3.35. The fraction of sp³-hybridized carbons (Fsp3) is 0.0741. The number of carbonyl (C=O) groups is 2. The standard InChI is InChI=1S/C27H25ClN8O2/c1-30-32-17-36(29)25-11-9-21(28)14-19(25)8-12-26(37)34-24(13-18-5-3-2-4-6-18)27(38)33-22-10-7-20-16-31-35-23(20)15-22/h2-12,14-17,24H,1,13,29H2,(H,31,35)(H,33,38)(H,34,37)/b12-8+,32-17-/t24-/m0/s1. The monoisotopic (exact) mass is 528 g/mol. The lowest BCUT2D eigenvalue weighted by atomic mass is 10.0. The molecule has 4 rings (SSSR count). The highest BCUT2D eigenvalue weighted by Crippen LogP contribution is 2.24. The molecule has 192 valence electrons. The second kappa shape index (κ2) is 12.4. The van der Waals surface area contributed by atoms with E-state index in [2.05, 4.69) is 37.8 Å². The number of carbonyl (C=O) groups excluding carboxylic acids is 2. The first kappa shape index (κ1) is 26.3. The summed E-state index contributed by atoms with van der Waals surface area (Å²) in [5.74, 6) is 5.17. The number of hydrazine groups is 1. The normalized spacial score (nSPS) is 12.1. The van der Waals surface area contributed by atoms with Crippen molar-refractivity contribution in [3.8, 4) is 0 Å². The second-order valence-electron chi connectivity index (χ2n) is 8.23. The zero-order valence-electron chi connectivity index (χ0n) is 20.2. The van der Waals surface area contributed by atoms with Crippen molar-refractivity contribution >= 4 is 64.8 Å². The molecule has 0 aliphatic rings. The summed E-state index contributed by atoms with van der Waals surface area (Å²) in [6, 6.07) is 19.0. The number of hydrogen-bond donors (Lipinski definition) is 4. The first-order valence-electron chi connectivity index (χ1n) is 11.5. The minimum atomic E-state index is -0.845. The Hall–Kier alpha value is -4.80. The zero-order chi connectivity index (χ0) is 26.9. The van der Waals surface area contributed by atoms with Crippen molar-refractivity contribution in [3.05, 3.63) is 95.2 Å². The molecule has 0 spiro atoms. The number of benzene rings is 3.